The van der Waals surface area contributed by atoms with E-state index in [9.17, 15) is 23.7 Å². The second-order valence-corrected chi connectivity index (χ2v) is 4.98. The van der Waals surface area contributed by atoms with Crippen molar-refractivity contribution in [3.63, 3.8) is 0 Å². The van der Waals surface area contributed by atoms with Crippen LogP contribution in [0.1, 0.15) is 22.8 Å². The fourth-order valence-corrected chi connectivity index (χ4v) is 2.00. The number of ether oxygens (including phenoxy) is 1. The molecule has 23 heavy (non-hydrogen) atoms. The summed E-state index contributed by atoms with van der Waals surface area (Å²) >= 11 is 0. The molecule has 0 unspecified atom stereocenters. The minimum absolute atomic E-state index is 0.0657. The number of carbonyl (C=O) groups is 1. The number of hydrogen-bond donors (Lipinski definition) is 0. The van der Waals surface area contributed by atoms with Crippen molar-refractivity contribution >= 4 is 11.5 Å². The van der Waals surface area contributed by atoms with Gasteiger partial charge in [-0.3, -0.25) is 14.9 Å². The van der Waals surface area contributed by atoms with E-state index in [4.69, 9.17) is 4.74 Å². The maximum absolute atomic E-state index is 13.2. The molecule has 1 atom stereocenters. The van der Waals surface area contributed by atoms with Crippen LogP contribution in [0.2, 0.25) is 0 Å². The Balaban J connectivity index is 2.24. The third-order valence-corrected chi connectivity index (χ3v) is 3.19. The molecule has 0 aliphatic rings. The lowest BCUT2D eigenvalue weighted by Gasteiger charge is -2.14. The molecule has 120 valence electrons. The van der Waals surface area contributed by atoms with Crippen LogP contribution in [0.25, 0.3) is 0 Å². The summed E-state index contributed by atoms with van der Waals surface area (Å²) in [5.74, 6) is -2.89. The van der Waals surface area contributed by atoms with E-state index in [-0.39, 0.29) is 17.0 Å². The molecular weight excluding hydrogens is 308 g/mol. The number of Topliss-reactive ketones (excluding diaryl/α,β-unsaturated/α-hetero) is 1. The highest BCUT2D eigenvalue weighted by Crippen LogP contribution is 2.29. The summed E-state index contributed by atoms with van der Waals surface area (Å²) in [5, 5.41) is 11.0. The number of rotatable bonds is 5. The smallest absolute Gasteiger partial charge is 0.311 e. The highest BCUT2D eigenvalue weighted by Gasteiger charge is 2.23. The van der Waals surface area contributed by atoms with Gasteiger partial charge in [0.1, 0.15) is 0 Å². The number of carbonyl (C=O) groups excluding carboxylic acids is 1. The molecule has 2 aromatic carbocycles. The van der Waals surface area contributed by atoms with Gasteiger partial charge in [-0.1, -0.05) is 6.07 Å². The van der Waals surface area contributed by atoms with Crippen LogP contribution in [-0.4, -0.2) is 16.8 Å². The maximum Gasteiger partial charge on any atom is 0.311 e. The quantitative estimate of drug-likeness (QED) is 0.477. The van der Waals surface area contributed by atoms with E-state index in [2.05, 4.69) is 0 Å². The summed E-state index contributed by atoms with van der Waals surface area (Å²) in [6, 6.07) is 7.05. The maximum atomic E-state index is 13.2. The summed E-state index contributed by atoms with van der Waals surface area (Å²) < 4.78 is 31.4. The number of halogens is 2. The van der Waals surface area contributed by atoms with Crippen molar-refractivity contribution in [1.82, 2.24) is 0 Å². The summed E-state index contributed by atoms with van der Waals surface area (Å²) in [5.41, 5.74) is 0.324. The SMILES string of the molecule is Cc1ccc(O[C@H](C)C(=O)c2ccc(F)c(F)c2)c([N+](=O)[O-])c1. The largest absolute Gasteiger partial charge is 0.475 e. The highest BCUT2D eigenvalue weighted by atomic mass is 19.2. The van der Waals surface area contributed by atoms with Crippen molar-refractivity contribution < 1.29 is 23.2 Å². The fourth-order valence-electron chi connectivity index (χ4n) is 2.00. The standard InChI is InChI=1S/C16H13F2NO4/c1-9-3-6-15(14(7-9)19(21)22)23-10(2)16(20)11-4-5-12(17)13(18)8-11/h3-8,10H,1-2H3/t10-/m1/s1. The van der Waals surface area contributed by atoms with Gasteiger partial charge in [0.05, 0.1) is 4.92 Å². The zero-order valence-corrected chi connectivity index (χ0v) is 12.4. The normalized spacial score (nSPS) is 11.8. The number of nitrogens with zero attached hydrogens (tertiary/aromatic N) is 1. The zero-order chi connectivity index (χ0) is 17.1. The first-order chi connectivity index (χ1) is 10.8. The Morgan fingerprint density at radius 3 is 2.48 bits per heavy atom. The van der Waals surface area contributed by atoms with Gasteiger partial charge in [0.2, 0.25) is 5.78 Å². The van der Waals surface area contributed by atoms with E-state index in [1.54, 1.807) is 13.0 Å². The lowest BCUT2D eigenvalue weighted by Crippen LogP contribution is -2.24. The number of nitro benzene ring substituents is 1. The number of nitro groups is 1. The number of hydrogen-bond acceptors (Lipinski definition) is 4. The molecule has 7 heteroatoms. The molecule has 0 aromatic heterocycles. The van der Waals surface area contributed by atoms with Crippen molar-refractivity contribution in [2.45, 2.75) is 20.0 Å². The van der Waals surface area contributed by atoms with Gasteiger partial charge < -0.3 is 4.74 Å². The molecule has 0 aliphatic carbocycles. The average molecular weight is 321 g/mol. The van der Waals surface area contributed by atoms with Gasteiger partial charge in [-0.25, -0.2) is 8.78 Å². The summed E-state index contributed by atoms with van der Waals surface area (Å²) in [4.78, 5) is 22.6. The molecule has 0 amide bonds. The molecule has 0 radical (unpaired) electrons. The topological polar surface area (TPSA) is 69.4 Å². The van der Waals surface area contributed by atoms with Crippen LogP contribution in [0.3, 0.4) is 0 Å². The molecule has 0 saturated carbocycles. The lowest BCUT2D eigenvalue weighted by molar-refractivity contribution is -0.386. The van der Waals surface area contributed by atoms with Crippen LogP contribution in [0.5, 0.6) is 5.75 Å². The van der Waals surface area contributed by atoms with Crippen LogP contribution >= 0.6 is 0 Å². The minimum Gasteiger partial charge on any atom is -0.475 e. The van der Waals surface area contributed by atoms with Crippen LogP contribution < -0.4 is 4.74 Å². The van der Waals surface area contributed by atoms with E-state index in [0.717, 1.165) is 18.2 Å². The Morgan fingerprint density at radius 2 is 1.87 bits per heavy atom. The molecule has 0 bridgehead atoms. The van der Waals surface area contributed by atoms with Crippen LogP contribution in [0.4, 0.5) is 14.5 Å². The summed E-state index contributed by atoms with van der Waals surface area (Å²) in [6.07, 6.45) is -1.10. The van der Waals surface area contributed by atoms with Crippen molar-refractivity contribution in [1.29, 1.82) is 0 Å². The van der Waals surface area contributed by atoms with Crippen molar-refractivity contribution in [2.75, 3.05) is 0 Å². The van der Waals surface area contributed by atoms with Gasteiger partial charge >= 0.3 is 5.69 Å². The van der Waals surface area contributed by atoms with Gasteiger partial charge in [0.15, 0.2) is 23.5 Å². The van der Waals surface area contributed by atoms with Gasteiger partial charge in [-0.2, -0.15) is 0 Å². The van der Waals surface area contributed by atoms with Crippen molar-refractivity contribution in [3.8, 4) is 5.75 Å². The zero-order valence-electron chi connectivity index (χ0n) is 12.4. The average Bonchev–Trinajstić information content (AvgIpc) is 2.50. The third-order valence-electron chi connectivity index (χ3n) is 3.19. The molecule has 0 heterocycles. The Kier molecular flexibility index (Phi) is 4.68. The van der Waals surface area contributed by atoms with Crippen molar-refractivity contribution in [2.24, 2.45) is 0 Å². The van der Waals surface area contributed by atoms with Gasteiger partial charge in [-0.05, 0) is 43.7 Å². The van der Waals surface area contributed by atoms with E-state index < -0.39 is 28.4 Å². The van der Waals surface area contributed by atoms with E-state index in [1.807, 2.05) is 0 Å². The third kappa shape index (κ3) is 3.68. The number of ketones is 1. The highest BCUT2D eigenvalue weighted by molar-refractivity contribution is 5.99. The molecule has 5 nitrogen and oxygen atoms in total. The molecule has 0 aliphatic heterocycles. The Bertz CT molecular complexity index is 777. The van der Waals surface area contributed by atoms with Gasteiger partial charge in [0.25, 0.3) is 0 Å². The van der Waals surface area contributed by atoms with E-state index in [0.29, 0.717) is 5.56 Å². The van der Waals surface area contributed by atoms with E-state index >= 15 is 0 Å². The van der Waals surface area contributed by atoms with Crippen LogP contribution in [0.15, 0.2) is 36.4 Å². The molecule has 0 N–H and O–H groups in total. The second-order valence-electron chi connectivity index (χ2n) is 4.98. The molecule has 0 spiro atoms. The number of benzene rings is 2. The molecule has 0 fully saturated rings. The Hall–Kier alpha value is -2.83. The second kappa shape index (κ2) is 6.51. The van der Waals surface area contributed by atoms with Crippen LogP contribution in [-0.2, 0) is 0 Å². The first-order valence-corrected chi connectivity index (χ1v) is 6.70. The summed E-state index contributed by atoms with van der Waals surface area (Å²) in [6.45, 7) is 3.07. The van der Waals surface area contributed by atoms with Crippen LogP contribution in [0, 0.1) is 28.7 Å². The molecule has 2 rings (SSSR count). The van der Waals surface area contributed by atoms with E-state index in [1.165, 1.54) is 19.1 Å². The molecule has 0 saturated heterocycles. The first kappa shape index (κ1) is 16.5. The molecule has 2 aromatic rings. The predicted octanol–water partition coefficient (Wildman–Crippen LogP) is 3.83. The molecular formula is C16H13F2NO4. The Morgan fingerprint density at radius 1 is 1.17 bits per heavy atom. The summed E-state index contributed by atoms with van der Waals surface area (Å²) in [7, 11) is 0. The minimum atomic E-state index is -1.15. The van der Waals surface area contributed by atoms with Crippen molar-refractivity contribution in [3.05, 3.63) is 69.3 Å². The Labute approximate surface area is 130 Å². The van der Waals surface area contributed by atoms with Gasteiger partial charge in [-0.15, -0.1) is 0 Å². The van der Waals surface area contributed by atoms with Gasteiger partial charge in [0, 0.05) is 11.6 Å². The monoisotopic (exact) mass is 321 g/mol. The lowest BCUT2D eigenvalue weighted by atomic mass is 10.1. The predicted molar refractivity (Wildman–Crippen MR) is 78.6 cm³/mol. The fraction of sp³-hybridized carbons (Fsp3) is 0.188. The number of aryl methyl sites for hydroxylation is 1. The first-order valence-electron chi connectivity index (χ1n) is 6.70.